The van der Waals surface area contributed by atoms with Gasteiger partial charge in [0.1, 0.15) is 5.75 Å². The van der Waals surface area contributed by atoms with Crippen LogP contribution in [0.5, 0.6) is 5.75 Å². The van der Waals surface area contributed by atoms with Gasteiger partial charge in [-0.15, -0.1) is 0 Å². The van der Waals surface area contributed by atoms with Gasteiger partial charge in [-0.1, -0.05) is 23.8 Å². The van der Waals surface area contributed by atoms with Crippen LogP contribution in [0.1, 0.15) is 30.2 Å². The molecule has 4 rings (SSSR count). The molecule has 1 heterocycles. The molecular weight excluding hydrogens is 338 g/mol. The minimum atomic E-state index is -0.192. The maximum absolute atomic E-state index is 12.5. The molecule has 0 bridgehead atoms. The summed E-state index contributed by atoms with van der Waals surface area (Å²) < 4.78 is 5.57. The van der Waals surface area contributed by atoms with E-state index in [4.69, 9.17) is 4.74 Å². The fourth-order valence-corrected chi connectivity index (χ4v) is 3.86. The van der Waals surface area contributed by atoms with Gasteiger partial charge < -0.3 is 20.4 Å². The molecule has 0 saturated carbocycles. The zero-order valence-corrected chi connectivity index (χ0v) is 15.8. The van der Waals surface area contributed by atoms with Crippen molar-refractivity contribution in [3.05, 3.63) is 59.3 Å². The van der Waals surface area contributed by atoms with Crippen LogP contribution in [0.4, 0.5) is 10.5 Å². The highest BCUT2D eigenvalue weighted by molar-refractivity contribution is 5.91. The quantitative estimate of drug-likeness (QED) is 0.636. The Labute approximate surface area is 159 Å². The fourth-order valence-electron chi connectivity index (χ4n) is 3.86. The van der Waals surface area contributed by atoms with Crippen LogP contribution >= 0.6 is 0 Å². The molecule has 1 aromatic heterocycles. The van der Waals surface area contributed by atoms with Crippen LogP contribution in [0.3, 0.4) is 0 Å². The van der Waals surface area contributed by atoms with Gasteiger partial charge in [0, 0.05) is 29.1 Å². The largest absolute Gasteiger partial charge is 0.492 e. The van der Waals surface area contributed by atoms with Crippen LogP contribution in [0.15, 0.2) is 42.5 Å². The molecule has 140 valence electrons. The first-order chi connectivity index (χ1) is 13.1. The average Bonchev–Trinajstić information content (AvgIpc) is 3.00. The number of anilines is 1. The van der Waals surface area contributed by atoms with Crippen molar-refractivity contribution in [2.24, 2.45) is 0 Å². The highest BCUT2D eigenvalue weighted by Crippen LogP contribution is 2.30. The minimum Gasteiger partial charge on any atom is -0.492 e. The molecule has 1 aliphatic carbocycles. The lowest BCUT2D eigenvalue weighted by Crippen LogP contribution is -2.41. The van der Waals surface area contributed by atoms with Gasteiger partial charge >= 0.3 is 6.03 Å². The molecule has 1 atom stereocenters. The van der Waals surface area contributed by atoms with Crippen LogP contribution in [0, 0.1) is 6.92 Å². The van der Waals surface area contributed by atoms with Gasteiger partial charge in [0.05, 0.1) is 12.3 Å². The summed E-state index contributed by atoms with van der Waals surface area (Å²) in [5.41, 5.74) is 5.78. The van der Waals surface area contributed by atoms with E-state index in [1.54, 1.807) is 0 Å². The van der Waals surface area contributed by atoms with Crippen LogP contribution < -0.4 is 15.4 Å². The van der Waals surface area contributed by atoms with E-state index in [0.717, 1.165) is 19.3 Å². The summed E-state index contributed by atoms with van der Waals surface area (Å²) in [5.74, 6) is 0.687. The third kappa shape index (κ3) is 3.63. The lowest BCUT2D eigenvalue weighted by atomic mass is 9.91. The minimum absolute atomic E-state index is 0.117. The number of hydrogen-bond acceptors (Lipinski definition) is 2. The summed E-state index contributed by atoms with van der Waals surface area (Å²) in [6, 6.07) is 13.9. The number of aromatic nitrogens is 1. The zero-order valence-electron chi connectivity index (χ0n) is 15.8. The normalized spacial score (nSPS) is 16.0. The number of aromatic amines is 1. The number of para-hydroxylation sites is 2. The smallest absolute Gasteiger partial charge is 0.319 e. The Balaban J connectivity index is 1.44. The number of amides is 2. The molecular formula is C22H25N3O2. The van der Waals surface area contributed by atoms with Gasteiger partial charge in [0.25, 0.3) is 0 Å². The van der Waals surface area contributed by atoms with E-state index < -0.39 is 0 Å². The van der Waals surface area contributed by atoms with E-state index in [9.17, 15) is 4.79 Å². The molecule has 0 saturated heterocycles. The number of aryl methyl sites for hydroxylation is 2. The van der Waals surface area contributed by atoms with Crippen molar-refractivity contribution >= 4 is 22.6 Å². The zero-order chi connectivity index (χ0) is 18.8. The van der Waals surface area contributed by atoms with Gasteiger partial charge in [0.15, 0.2) is 0 Å². The van der Waals surface area contributed by atoms with Crippen molar-refractivity contribution in [2.45, 2.75) is 39.2 Å². The number of carbonyl (C=O) groups is 1. The van der Waals surface area contributed by atoms with E-state index in [1.165, 1.54) is 27.7 Å². The Hall–Kier alpha value is -2.95. The summed E-state index contributed by atoms with van der Waals surface area (Å²) in [6.45, 7) is 4.61. The Morgan fingerprint density at radius 2 is 2.11 bits per heavy atom. The Kier molecular flexibility index (Phi) is 4.75. The maximum Gasteiger partial charge on any atom is 0.319 e. The standard InChI is InChI=1S/C22H25N3O2/c1-3-27-21-7-5-4-6-19(21)25-22(26)23-15-9-10-16-17-12-14(2)8-11-18(17)24-20(16)13-15/h4-8,11-12,15,24H,3,9-10,13H2,1-2H3,(H2,23,25,26). The SMILES string of the molecule is CCOc1ccccc1NC(=O)NC1CCc2c([nH]c3ccc(C)cc23)C1. The van der Waals surface area contributed by atoms with Crippen LogP contribution in [0.25, 0.3) is 10.9 Å². The molecule has 2 amide bonds. The number of rotatable bonds is 4. The van der Waals surface area contributed by atoms with Gasteiger partial charge in [-0.3, -0.25) is 0 Å². The summed E-state index contributed by atoms with van der Waals surface area (Å²) in [6.07, 6.45) is 2.73. The van der Waals surface area contributed by atoms with Gasteiger partial charge in [0.2, 0.25) is 0 Å². The third-order valence-electron chi connectivity index (χ3n) is 5.11. The Morgan fingerprint density at radius 3 is 2.96 bits per heavy atom. The number of H-pyrrole nitrogens is 1. The van der Waals surface area contributed by atoms with Gasteiger partial charge in [-0.25, -0.2) is 4.79 Å². The molecule has 0 fully saturated rings. The molecule has 1 unspecified atom stereocenters. The van der Waals surface area contributed by atoms with E-state index in [2.05, 4.69) is 40.7 Å². The number of fused-ring (bicyclic) bond motifs is 3. The van der Waals surface area contributed by atoms with Gasteiger partial charge in [-0.2, -0.15) is 0 Å². The van der Waals surface area contributed by atoms with Crippen molar-refractivity contribution in [1.29, 1.82) is 0 Å². The van der Waals surface area contributed by atoms with Crippen molar-refractivity contribution in [1.82, 2.24) is 10.3 Å². The van der Waals surface area contributed by atoms with E-state index in [0.29, 0.717) is 18.0 Å². The average molecular weight is 363 g/mol. The Bertz CT molecular complexity index is 977. The molecule has 1 aliphatic rings. The highest BCUT2D eigenvalue weighted by Gasteiger charge is 2.23. The van der Waals surface area contributed by atoms with Crippen molar-refractivity contribution in [3.63, 3.8) is 0 Å². The second-order valence-corrected chi connectivity index (χ2v) is 7.10. The second kappa shape index (κ2) is 7.35. The first kappa shape index (κ1) is 17.5. The van der Waals surface area contributed by atoms with Crippen molar-refractivity contribution in [2.75, 3.05) is 11.9 Å². The number of hydrogen-bond donors (Lipinski definition) is 3. The molecule has 0 radical (unpaired) electrons. The molecule has 0 spiro atoms. The number of ether oxygens (including phenoxy) is 1. The molecule has 5 heteroatoms. The van der Waals surface area contributed by atoms with E-state index in [1.807, 2.05) is 31.2 Å². The number of urea groups is 1. The number of benzene rings is 2. The Morgan fingerprint density at radius 1 is 1.26 bits per heavy atom. The highest BCUT2D eigenvalue weighted by atomic mass is 16.5. The summed E-state index contributed by atoms with van der Waals surface area (Å²) in [7, 11) is 0. The van der Waals surface area contributed by atoms with E-state index >= 15 is 0 Å². The number of nitrogens with one attached hydrogen (secondary N) is 3. The number of carbonyl (C=O) groups excluding carboxylic acids is 1. The fraction of sp³-hybridized carbons (Fsp3) is 0.318. The lowest BCUT2D eigenvalue weighted by molar-refractivity contribution is 0.247. The molecule has 27 heavy (non-hydrogen) atoms. The first-order valence-electron chi connectivity index (χ1n) is 9.53. The summed E-state index contributed by atoms with van der Waals surface area (Å²) in [4.78, 5) is 16.0. The molecule has 3 N–H and O–H groups in total. The molecule has 5 nitrogen and oxygen atoms in total. The monoisotopic (exact) mass is 363 g/mol. The summed E-state index contributed by atoms with van der Waals surface area (Å²) >= 11 is 0. The van der Waals surface area contributed by atoms with Crippen LogP contribution in [-0.2, 0) is 12.8 Å². The predicted molar refractivity (Wildman–Crippen MR) is 109 cm³/mol. The van der Waals surface area contributed by atoms with Crippen molar-refractivity contribution < 1.29 is 9.53 Å². The first-order valence-corrected chi connectivity index (χ1v) is 9.53. The molecule has 3 aromatic rings. The molecule has 2 aromatic carbocycles. The maximum atomic E-state index is 12.5. The van der Waals surface area contributed by atoms with Crippen LogP contribution in [0.2, 0.25) is 0 Å². The lowest BCUT2D eigenvalue weighted by Gasteiger charge is -2.24. The second-order valence-electron chi connectivity index (χ2n) is 7.10. The van der Waals surface area contributed by atoms with Crippen LogP contribution in [-0.4, -0.2) is 23.7 Å². The topological polar surface area (TPSA) is 66.2 Å². The van der Waals surface area contributed by atoms with Gasteiger partial charge in [-0.05, 0) is 56.5 Å². The van der Waals surface area contributed by atoms with E-state index in [-0.39, 0.29) is 12.1 Å². The predicted octanol–water partition coefficient (Wildman–Crippen LogP) is 4.55. The summed E-state index contributed by atoms with van der Waals surface area (Å²) in [5, 5.41) is 7.34. The molecule has 0 aliphatic heterocycles. The third-order valence-corrected chi connectivity index (χ3v) is 5.11. The van der Waals surface area contributed by atoms with Crippen molar-refractivity contribution in [3.8, 4) is 5.75 Å².